The van der Waals surface area contributed by atoms with Gasteiger partial charge in [0, 0.05) is 41.1 Å². The molecule has 2 amide bonds. The molecule has 1 N–H and O–H groups in total. The highest BCUT2D eigenvalue weighted by molar-refractivity contribution is 8.00. The zero-order valence-corrected chi connectivity index (χ0v) is 23.3. The van der Waals surface area contributed by atoms with Crippen LogP contribution < -0.4 is 10.2 Å². The van der Waals surface area contributed by atoms with E-state index in [1.165, 1.54) is 0 Å². The van der Waals surface area contributed by atoms with E-state index < -0.39 is 0 Å². The topological polar surface area (TPSA) is 76.5 Å². The summed E-state index contributed by atoms with van der Waals surface area (Å²) in [7, 11) is 1.63. The number of hydrogen-bond donors (Lipinski definition) is 1. The van der Waals surface area contributed by atoms with Gasteiger partial charge in [0.05, 0.1) is 22.4 Å². The van der Waals surface area contributed by atoms with Gasteiger partial charge in [-0.05, 0) is 36.1 Å². The Morgan fingerprint density at radius 2 is 2.08 bits per heavy atom. The van der Waals surface area contributed by atoms with Crippen molar-refractivity contribution in [2.45, 2.75) is 37.9 Å². The van der Waals surface area contributed by atoms with Crippen LogP contribution in [-0.4, -0.2) is 54.2 Å². The number of rotatable bonds is 8. The fourth-order valence-corrected chi connectivity index (χ4v) is 6.53. The highest BCUT2D eigenvalue weighted by atomic mass is 35.5. The molecule has 3 aromatic rings. The summed E-state index contributed by atoms with van der Waals surface area (Å²) in [5, 5.41) is 10.5. The fourth-order valence-electron chi connectivity index (χ4n) is 4.17. The van der Waals surface area contributed by atoms with Gasteiger partial charge in [-0.25, -0.2) is 4.68 Å². The lowest BCUT2D eigenvalue weighted by Gasteiger charge is -2.24. The Morgan fingerprint density at radius 1 is 1.28 bits per heavy atom. The summed E-state index contributed by atoms with van der Waals surface area (Å²) in [5.41, 5.74) is 2.30. The number of carbonyl (C=O) groups is 2. The quantitative estimate of drug-likeness (QED) is 0.393. The number of hydrogen-bond acceptors (Lipinski definition) is 6. The van der Waals surface area contributed by atoms with Gasteiger partial charge in [-0.2, -0.15) is 5.10 Å². The number of carbonyl (C=O) groups excluding carboxylic acids is 2. The minimum absolute atomic E-state index is 0.0825. The second-order valence-electron chi connectivity index (χ2n) is 9.61. The summed E-state index contributed by atoms with van der Waals surface area (Å²) < 4.78 is 6.85. The zero-order chi connectivity index (χ0) is 25.9. The van der Waals surface area contributed by atoms with E-state index in [2.05, 4.69) is 32.2 Å². The first-order chi connectivity index (χ1) is 17.2. The van der Waals surface area contributed by atoms with Crippen LogP contribution in [0.1, 0.15) is 48.6 Å². The number of anilines is 1. The molecule has 7 nitrogen and oxygen atoms in total. The van der Waals surface area contributed by atoms with Crippen molar-refractivity contribution in [3.05, 3.63) is 62.9 Å². The van der Waals surface area contributed by atoms with E-state index in [0.717, 1.165) is 21.8 Å². The highest BCUT2D eigenvalue weighted by Crippen LogP contribution is 2.49. The molecule has 10 heteroatoms. The standard InChI is InChI=1S/C26H31ClN4O3S2/c1-26(2,3)24-22-23(19-10-6-13-35-19)36-16-21(33)30(15-20(32)28-11-7-12-34-4)25(22)31(29-24)18-9-5-8-17(27)14-18/h5-6,8-10,13-14,23H,7,11-12,15-16H2,1-4H3,(H,28,32)/t23-/m1/s1. The summed E-state index contributed by atoms with van der Waals surface area (Å²) in [4.78, 5) is 29.2. The number of ether oxygens (including phenoxy) is 1. The maximum atomic E-state index is 13.6. The van der Waals surface area contributed by atoms with Gasteiger partial charge in [-0.1, -0.05) is 44.5 Å². The number of halogens is 1. The van der Waals surface area contributed by atoms with Crippen molar-refractivity contribution in [2.24, 2.45) is 0 Å². The van der Waals surface area contributed by atoms with Gasteiger partial charge in [0.25, 0.3) is 0 Å². The van der Waals surface area contributed by atoms with Gasteiger partial charge in [0.2, 0.25) is 11.8 Å². The Kier molecular flexibility index (Phi) is 8.44. The molecule has 0 fully saturated rings. The van der Waals surface area contributed by atoms with E-state index in [9.17, 15) is 9.59 Å². The van der Waals surface area contributed by atoms with Gasteiger partial charge in [0.15, 0.2) is 0 Å². The SMILES string of the molecule is COCCCNC(=O)CN1C(=O)CS[C@H](c2cccs2)c2c(C(C)(C)C)nn(-c3cccc(Cl)c3)c21. The number of amides is 2. The Morgan fingerprint density at radius 3 is 2.75 bits per heavy atom. The van der Waals surface area contributed by atoms with Gasteiger partial charge >= 0.3 is 0 Å². The Balaban J connectivity index is 1.88. The number of benzene rings is 1. The molecule has 1 aliphatic rings. The molecule has 2 aromatic heterocycles. The fraction of sp³-hybridized carbons (Fsp3) is 0.423. The zero-order valence-electron chi connectivity index (χ0n) is 20.9. The molecule has 192 valence electrons. The van der Waals surface area contributed by atoms with E-state index >= 15 is 0 Å². The van der Waals surface area contributed by atoms with Crippen LogP contribution >= 0.6 is 34.7 Å². The minimum Gasteiger partial charge on any atom is -0.385 e. The Hall–Kier alpha value is -2.33. The molecule has 4 rings (SSSR count). The van der Waals surface area contributed by atoms with Crippen molar-refractivity contribution in [1.29, 1.82) is 0 Å². The Bertz CT molecular complexity index is 1220. The molecule has 0 saturated heterocycles. The molecule has 0 bridgehead atoms. The van der Waals surface area contributed by atoms with E-state index in [0.29, 0.717) is 30.4 Å². The van der Waals surface area contributed by atoms with Gasteiger partial charge in [0.1, 0.15) is 12.4 Å². The molecule has 36 heavy (non-hydrogen) atoms. The lowest BCUT2D eigenvalue weighted by Crippen LogP contribution is -2.42. The maximum absolute atomic E-state index is 13.6. The van der Waals surface area contributed by atoms with Crippen molar-refractivity contribution in [2.75, 3.05) is 37.5 Å². The lowest BCUT2D eigenvalue weighted by atomic mass is 9.88. The van der Waals surface area contributed by atoms with E-state index in [-0.39, 0.29) is 34.8 Å². The van der Waals surface area contributed by atoms with E-state index in [4.69, 9.17) is 21.4 Å². The number of fused-ring (bicyclic) bond motifs is 1. The number of nitrogens with zero attached hydrogens (tertiary/aromatic N) is 3. The largest absolute Gasteiger partial charge is 0.385 e. The monoisotopic (exact) mass is 546 g/mol. The molecule has 1 atom stereocenters. The molecule has 1 aliphatic heterocycles. The molecule has 0 aliphatic carbocycles. The molecular formula is C26H31ClN4O3S2. The van der Waals surface area contributed by atoms with Crippen molar-refractivity contribution in [3.63, 3.8) is 0 Å². The summed E-state index contributed by atoms with van der Waals surface area (Å²) >= 11 is 9.59. The summed E-state index contributed by atoms with van der Waals surface area (Å²) in [5.74, 6) is 0.535. The van der Waals surface area contributed by atoms with Crippen LogP contribution in [0.2, 0.25) is 5.02 Å². The summed E-state index contributed by atoms with van der Waals surface area (Å²) in [6, 6.07) is 11.5. The normalized spacial score (nSPS) is 16.1. The number of aromatic nitrogens is 2. The third-order valence-electron chi connectivity index (χ3n) is 5.80. The number of thioether (sulfide) groups is 1. The number of methoxy groups -OCH3 is 1. The second-order valence-corrected chi connectivity index (χ2v) is 12.1. The third kappa shape index (κ3) is 5.80. The number of nitrogens with one attached hydrogen (secondary N) is 1. The molecular weight excluding hydrogens is 516 g/mol. The average molecular weight is 547 g/mol. The van der Waals surface area contributed by atoms with Gasteiger partial charge < -0.3 is 10.1 Å². The molecule has 1 aromatic carbocycles. The van der Waals surface area contributed by atoms with Crippen LogP contribution in [0.5, 0.6) is 0 Å². The first kappa shape index (κ1) is 26.7. The highest BCUT2D eigenvalue weighted by Gasteiger charge is 2.40. The number of thiophene rings is 1. The van der Waals surface area contributed by atoms with E-state index in [1.807, 2.05) is 29.6 Å². The van der Waals surface area contributed by atoms with Crippen LogP contribution in [0.3, 0.4) is 0 Å². The molecule has 0 spiro atoms. The van der Waals surface area contributed by atoms with E-state index in [1.54, 1.807) is 45.9 Å². The van der Waals surface area contributed by atoms with Gasteiger partial charge in [-0.3, -0.25) is 14.5 Å². The first-order valence-corrected chi connectivity index (χ1v) is 14.1. The molecule has 0 unspecified atom stereocenters. The lowest BCUT2D eigenvalue weighted by molar-refractivity contribution is -0.122. The Labute approximate surface area is 225 Å². The van der Waals surface area contributed by atoms with Crippen LogP contribution in [0.25, 0.3) is 5.69 Å². The van der Waals surface area contributed by atoms with Crippen LogP contribution in [-0.2, 0) is 19.7 Å². The summed E-state index contributed by atoms with van der Waals surface area (Å²) in [6.07, 6.45) is 0.701. The summed E-state index contributed by atoms with van der Waals surface area (Å²) in [6.45, 7) is 7.30. The smallest absolute Gasteiger partial charge is 0.240 e. The van der Waals surface area contributed by atoms with Crippen molar-refractivity contribution in [1.82, 2.24) is 15.1 Å². The molecule has 3 heterocycles. The van der Waals surface area contributed by atoms with Crippen molar-refractivity contribution >= 4 is 52.3 Å². The first-order valence-electron chi connectivity index (χ1n) is 11.8. The third-order valence-corrected chi connectivity index (χ3v) is 8.36. The second kappa shape index (κ2) is 11.4. The van der Waals surface area contributed by atoms with Gasteiger partial charge in [-0.15, -0.1) is 23.1 Å². The predicted molar refractivity (Wildman–Crippen MR) is 148 cm³/mol. The maximum Gasteiger partial charge on any atom is 0.240 e. The van der Waals surface area contributed by atoms with Crippen molar-refractivity contribution < 1.29 is 14.3 Å². The predicted octanol–water partition coefficient (Wildman–Crippen LogP) is 5.21. The van der Waals surface area contributed by atoms with Crippen molar-refractivity contribution in [3.8, 4) is 5.69 Å². The van der Waals surface area contributed by atoms with Crippen LogP contribution in [0.15, 0.2) is 41.8 Å². The molecule has 0 saturated carbocycles. The minimum atomic E-state index is -0.300. The average Bonchev–Trinajstić information content (AvgIpc) is 3.47. The van der Waals surface area contributed by atoms with Crippen LogP contribution in [0.4, 0.5) is 5.82 Å². The van der Waals surface area contributed by atoms with Crippen LogP contribution in [0, 0.1) is 0 Å². The molecule has 0 radical (unpaired) electrons.